The number of aromatic nitrogens is 3. The van der Waals surface area contributed by atoms with E-state index >= 15 is 0 Å². The fourth-order valence-electron chi connectivity index (χ4n) is 4.22. The zero-order chi connectivity index (χ0) is 30.2. The van der Waals surface area contributed by atoms with Crippen LogP contribution in [0.4, 0.5) is 0 Å². The van der Waals surface area contributed by atoms with Crippen LogP contribution in [0.15, 0.2) is 108 Å². The van der Waals surface area contributed by atoms with Crippen LogP contribution in [0.25, 0.3) is 55.2 Å². The number of pyridine rings is 3. The standard InChI is InChI=1S/C21H13N2O.C12H10N.Ir/c1-13-11-18-14(12-23-13)8-9-16-15-5-4-6-17(20(15)24-21(16)18)19-7-2-3-10-22-19;1-10-7-8-12(13-9-10)11-5-3-2-4-6-11;/h2-5,7-12H,1H3;2-5,7-9H,1H3;/q2*-1;/i2*1D3;. The molecule has 0 saturated heterocycles. The Balaban J connectivity index is 0.000000194. The van der Waals surface area contributed by atoms with Crippen LogP contribution in [0.3, 0.4) is 0 Å². The van der Waals surface area contributed by atoms with E-state index in [0.717, 1.165) is 44.1 Å². The third-order valence-corrected chi connectivity index (χ3v) is 5.97. The summed E-state index contributed by atoms with van der Waals surface area (Å²) in [6.45, 7) is -4.36. The van der Waals surface area contributed by atoms with Gasteiger partial charge in [0.05, 0.1) is 5.58 Å². The van der Waals surface area contributed by atoms with E-state index in [2.05, 4.69) is 27.1 Å². The van der Waals surface area contributed by atoms with Crippen molar-refractivity contribution in [1.82, 2.24) is 15.0 Å². The van der Waals surface area contributed by atoms with Crippen molar-refractivity contribution in [1.29, 1.82) is 0 Å². The van der Waals surface area contributed by atoms with Gasteiger partial charge in [0.1, 0.15) is 5.58 Å². The van der Waals surface area contributed by atoms with Gasteiger partial charge in [-0.15, -0.1) is 54.1 Å². The molecule has 0 bridgehead atoms. The Morgan fingerprint density at radius 2 is 1.63 bits per heavy atom. The molecule has 187 valence electrons. The SMILES string of the molecule is [2H]C([2H])([2H])c1cc2c(ccc3c4cc[c-]c(-c5ccccn5)c4oc23)cn1.[2H]C([2H])([2H])c1ccc(-c2[c-]cccc2)nc1.[Ir]. The molecule has 4 nitrogen and oxygen atoms in total. The maximum Gasteiger partial charge on any atom is 0.128 e. The quantitative estimate of drug-likeness (QED) is 0.174. The van der Waals surface area contributed by atoms with Gasteiger partial charge in [-0.1, -0.05) is 47.3 Å². The summed E-state index contributed by atoms with van der Waals surface area (Å²) < 4.78 is 50.8. The molecule has 3 aromatic carbocycles. The van der Waals surface area contributed by atoms with Gasteiger partial charge in [0.15, 0.2) is 0 Å². The molecule has 0 spiro atoms. The van der Waals surface area contributed by atoms with Gasteiger partial charge in [-0.25, -0.2) is 0 Å². The van der Waals surface area contributed by atoms with E-state index in [4.69, 9.17) is 12.6 Å². The molecular weight excluding hydrogens is 647 g/mol. The van der Waals surface area contributed by atoms with E-state index in [1.807, 2.05) is 60.7 Å². The number of fused-ring (bicyclic) bond motifs is 5. The topological polar surface area (TPSA) is 51.8 Å². The van der Waals surface area contributed by atoms with Gasteiger partial charge in [-0.3, -0.25) is 4.98 Å². The number of furan rings is 1. The van der Waals surface area contributed by atoms with Gasteiger partial charge in [0.2, 0.25) is 0 Å². The summed E-state index contributed by atoms with van der Waals surface area (Å²) in [6, 6.07) is 32.0. The van der Waals surface area contributed by atoms with Crippen molar-refractivity contribution in [2.45, 2.75) is 13.7 Å². The molecule has 38 heavy (non-hydrogen) atoms. The average molecular weight is 676 g/mol. The number of rotatable bonds is 2. The second-order valence-corrected chi connectivity index (χ2v) is 8.35. The van der Waals surface area contributed by atoms with Gasteiger partial charge in [0.25, 0.3) is 0 Å². The molecule has 0 fully saturated rings. The van der Waals surface area contributed by atoms with Crippen molar-refractivity contribution in [3.05, 3.63) is 127 Å². The predicted molar refractivity (Wildman–Crippen MR) is 149 cm³/mol. The second-order valence-electron chi connectivity index (χ2n) is 8.35. The molecule has 7 aromatic rings. The number of nitrogens with zero attached hydrogens (tertiary/aromatic N) is 3. The molecule has 0 unspecified atom stereocenters. The van der Waals surface area contributed by atoms with Crippen LogP contribution in [-0.4, -0.2) is 15.0 Å². The predicted octanol–water partition coefficient (Wildman–Crippen LogP) is 8.16. The van der Waals surface area contributed by atoms with E-state index in [1.54, 1.807) is 36.7 Å². The van der Waals surface area contributed by atoms with Crippen LogP contribution in [-0.2, 0) is 20.1 Å². The minimum atomic E-state index is -2.27. The van der Waals surface area contributed by atoms with E-state index < -0.39 is 13.7 Å². The summed E-state index contributed by atoms with van der Waals surface area (Å²) >= 11 is 0. The van der Waals surface area contributed by atoms with Crippen molar-refractivity contribution >= 4 is 32.7 Å². The van der Waals surface area contributed by atoms with E-state index in [-0.39, 0.29) is 31.4 Å². The molecule has 4 heterocycles. The molecular formula is C33H23IrN3O-2. The second kappa shape index (κ2) is 11.1. The first-order chi connectivity index (χ1) is 20.6. The summed E-state index contributed by atoms with van der Waals surface area (Å²) in [5.74, 6) is 0. The zero-order valence-corrected chi connectivity index (χ0v) is 22.3. The molecule has 0 N–H and O–H groups in total. The molecule has 1 radical (unpaired) electrons. The first-order valence-corrected chi connectivity index (χ1v) is 11.6. The van der Waals surface area contributed by atoms with Crippen LogP contribution in [0.5, 0.6) is 0 Å². The first kappa shape index (κ1) is 19.0. The summed E-state index contributed by atoms with van der Waals surface area (Å²) in [5.41, 5.74) is 4.79. The van der Waals surface area contributed by atoms with Gasteiger partial charge < -0.3 is 14.4 Å². The van der Waals surface area contributed by atoms with Crippen LogP contribution in [0.1, 0.15) is 19.5 Å². The van der Waals surface area contributed by atoms with E-state index in [1.165, 1.54) is 6.20 Å². The Morgan fingerprint density at radius 3 is 2.39 bits per heavy atom. The van der Waals surface area contributed by atoms with Crippen LogP contribution < -0.4 is 0 Å². The Kier molecular flexibility index (Phi) is 5.52. The van der Waals surface area contributed by atoms with Crippen molar-refractivity contribution < 1.29 is 32.7 Å². The third kappa shape index (κ3) is 4.99. The largest absolute Gasteiger partial charge is 0.500 e. The van der Waals surface area contributed by atoms with Crippen molar-refractivity contribution in [2.24, 2.45) is 0 Å². The minimum absolute atomic E-state index is 0. The zero-order valence-electron chi connectivity index (χ0n) is 25.9. The molecule has 0 aliphatic carbocycles. The van der Waals surface area contributed by atoms with Crippen LogP contribution in [0.2, 0.25) is 0 Å². The first-order valence-electron chi connectivity index (χ1n) is 14.6. The summed E-state index contributed by atoms with van der Waals surface area (Å²) in [6.07, 6.45) is 4.70. The average Bonchev–Trinajstić information content (AvgIpc) is 3.41. The number of hydrogen-bond acceptors (Lipinski definition) is 4. The van der Waals surface area contributed by atoms with E-state index in [9.17, 15) is 0 Å². The molecule has 0 aliphatic rings. The summed E-state index contributed by atoms with van der Waals surface area (Å²) in [7, 11) is 0. The number of benzene rings is 3. The molecule has 0 atom stereocenters. The Bertz CT molecular complexity index is 2040. The molecule has 7 rings (SSSR count). The number of hydrogen-bond donors (Lipinski definition) is 0. The minimum Gasteiger partial charge on any atom is -0.500 e. The molecule has 4 aromatic heterocycles. The van der Waals surface area contributed by atoms with Gasteiger partial charge in [-0.2, -0.15) is 0 Å². The van der Waals surface area contributed by atoms with E-state index in [0.29, 0.717) is 11.2 Å². The normalized spacial score (nSPS) is 13.7. The Morgan fingerprint density at radius 1 is 0.711 bits per heavy atom. The smallest absolute Gasteiger partial charge is 0.128 e. The van der Waals surface area contributed by atoms with Crippen LogP contribution >= 0.6 is 0 Å². The Hall–Kier alpha value is -4.18. The molecule has 0 amide bonds. The van der Waals surface area contributed by atoms with Crippen LogP contribution in [0, 0.1) is 25.8 Å². The van der Waals surface area contributed by atoms with Crippen molar-refractivity contribution in [2.75, 3.05) is 0 Å². The summed E-state index contributed by atoms with van der Waals surface area (Å²) in [4.78, 5) is 12.6. The Labute approximate surface area is 243 Å². The van der Waals surface area contributed by atoms with Crippen molar-refractivity contribution in [3.63, 3.8) is 0 Å². The fourth-order valence-corrected chi connectivity index (χ4v) is 4.22. The molecule has 0 saturated carbocycles. The maximum atomic E-state index is 7.64. The monoisotopic (exact) mass is 676 g/mol. The fraction of sp³-hybridized carbons (Fsp3) is 0.0606. The summed E-state index contributed by atoms with van der Waals surface area (Å²) in [5, 5.41) is 3.43. The third-order valence-electron chi connectivity index (χ3n) is 5.97. The number of aryl methyl sites for hydroxylation is 2. The van der Waals surface area contributed by atoms with Gasteiger partial charge in [-0.05, 0) is 42.8 Å². The molecule has 5 heteroatoms. The van der Waals surface area contributed by atoms with Gasteiger partial charge in [0, 0.05) is 68.8 Å². The van der Waals surface area contributed by atoms with Gasteiger partial charge >= 0.3 is 0 Å². The maximum absolute atomic E-state index is 7.64. The van der Waals surface area contributed by atoms with Crippen molar-refractivity contribution in [3.8, 4) is 22.5 Å². The molecule has 0 aliphatic heterocycles.